The van der Waals surface area contributed by atoms with Crippen molar-refractivity contribution < 1.29 is 39.1 Å². The van der Waals surface area contributed by atoms with Gasteiger partial charge in [-0.25, -0.2) is 9.59 Å². The van der Waals surface area contributed by atoms with E-state index in [0.29, 0.717) is 12.8 Å². The number of carbonyl (C=O) groups is 3. The molecule has 0 saturated heterocycles. The number of unbranched alkanes of at least 4 members (excludes halogenated alkanes) is 2. The maximum Gasteiger partial charge on any atom is 0.345 e. The average Bonchev–Trinajstić information content (AvgIpc) is 2.46. The minimum absolute atomic E-state index is 0.335. The number of rotatable bonds is 12. The molecule has 0 aliphatic carbocycles. The van der Waals surface area contributed by atoms with Crippen molar-refractivity contribution in [3.05, 3.63) is 0 Å². The Morgan fingerprint density at radius 2 is 1.70 bits per heavy atom. The summed E-state index contributed by atoms with van der Waals surface area (Å²) in [6, 6.07) is 0. The van der Waals surface area contributed by atoms with Crippen LogP contribution in [0.3, 0.4) is 0 Å². The van der Waals surface area contributed by atoms with Crippen LogP contribution < -0.4 is 0 Å². The fourth-order valence-corrected chi connectivity index (χ4v) is 2.01. The Hall–Kier alpha value is -1.67. The summed E-state index contributed by atoms with van der Waals surface area (Å²) in [5.74, 6) is -3.68. The van der Waals surface area contributed by atoms with Gasteiger partial charge in [-0.05, 0) is 19.3 Å². The van der Waals surface area contributed by atoms with E-state index in [0.717, 1.165) is 26.4 Å². The molecule has 2 N–H and O–H groups in total. The first-order valence-corrected chi connectivity index (χ1v) is 7.67. The predicted octanol–water partition coefficient (Wildman–Crippen LogP) is 1.59. The van der Waals surface area contributed by atoms with E-state index in [2.05, 4.69) is 16.7 Å². The SMILES string of the molecule is CCCCCC(CC)OC(=O)CC(O)(CC(=O)OOC)C(=O)O. The zero-order valence-electron chi connectivity index (χ0n) is 13.9. The fourth-order valence-electron chi connectivity index (χ4n) is 2.01. The van der Waals surface area contributed by atoms with E-state index in [1.807, 2.05) is 6.92 Å². The summed E-state index contributed by atoms with van der Waals surface area (Å²) in [5, 5.41) is 19.1. The van der Waals surface area contributed by atoms with E-state index in [1.54, 1.807) is 0 Å². The third-order valence-corrected chi connectivity index (χ3v) is 3.33. The molecule has 2 unspecified atom stereocenters. The molecule has 0 rings (SSSR count). The quantitative estimate of drug-likeness (QED) is 0.239. The van der Waals surface area contributed by atoms with Gasteiger partial charge in [-0.1, -0.05) is 26.7 Å². The molecule has 0 aromatic heterocycles. The number of hydrogen-bond donors (Lipinski definition) is 2. The molecule has 0 aromatic carbocycles. The summed E-state index contributed by atoms with van der Waals surface area (Å²) >= 11 is 0. The van der Waals surface area contributed by atoms with Gasteiger partial charge in [-0.2, -0.15) is 4.89 Å². The lowest BCUT2D eigenvalue weighted by atomic mass is 9.96. The Bertz CT molecular complexity index is 395. The van der Waals surface area contributed by atoms with Crippen LogP contribution in [0.2, 0.25) is 0 Å². The van der Waals surface area contributed by atoms with Gasteiger partial charge in [0.25, 0.3) is 0 Å². The third-order valence-electron chi connectivity index (χ3n) is 3.33. The Labute approximate surface area is 135 Å². The molecule has 0 heterocycles. The molecule has 23 heavy (non-hydrogen) atoms. The molecule has 0 aromatic rings. The minimum atomic E-state index is -2.59. The van der Waals surface area contributed by atoms with Crippen LogP contribution in [0.25, 0.3) is 0 Å². The summed E-state index contributed by atoms with van der Waals surface area (Å²) in [7, 11) is 1.06. The van der Waals surface area contributed by atoms with Crippen LogP contribution in [0.1, 0.15) is 58.8 Å². The van der Waals surface area contributed by atoms with Crippen LogP contribution >= 0.6 is 0 Å². The largest absolute Gasteiger partial charge is 0.479 e. The van der Waals surface area contributed by atoms with Gasteiger partial charge in [0.15, 0.2) is 5.60 Å². The minimum Gasteiger partial charge on any atom is -0.479 e. The van der Waals surface area contributed by atoms with Crippen LogP contribution in [0.4, 0.5) is 0 Å². The Morgan fingerprint density at radius 1 is 1.09 bits per heavy atom. The smallest absolute Gasteiger partial charge is 0.345 e. The molecular weight excluding hydrogens is 308 g/mol. The van der Waals surface area contributed by atoms with Crippen molar-refractivity contribution in [3.63, 3.8) is 0 Å². The lowest BCUT2D eigenvalue weighted by Crippen LogP contribution is -2.43. The molecule has 134 valence electrons. The van der Waals surface area contributed by atoms with Crippen molar-refractivity contribution in [1.82, 2.24) is 0 Å². The average molecular weight is 334 g/mol. The first kappa shape index (κ1) is 21.3. The molecular formula is C15H26O8. The van der Waals surface area contributed by atoms with Crippen LogP contribution in [-0.2, 0) is 28.9 Å². The second-order valence-corrected chi connectivity index (χ2v) is 5.33. The molecule has 0 saturated carbocycles. The normalized spacial score (nSPS) is 14.6. The van der Waals surface area contributed by atoms with E-state index in [9.17, 15) is 19.5 Å². The fraction of sp³-hybridized carbons (Fsp3) is 0.800. The first-order chi connectivity index (χ1) is 10.8. The van der Waals surface area contributed by atoms with Crippen LogP contribution in [0.15, 0.2) is 0 Å². The summed E-state index contributed by atoms with van der Waals surface area (Å²) in [6.07, 6.45) is 2.10. The van der Waals surface area contributed by atoms with Crippen LogP contribution in [-0.4, -0.2) is 46.9 Å². The van der Waals surface area contributed by atoms with Gasteiger partial charge in [-0.15, -0.1) is 0 Å². The van der Waals surface area contributed by atoms with Crippen molar-refractivity contribution in [2.45, 2.75) is 70.5 Å². The lowest BCUT2D eigenvalue weighted by Gasteiger charge is -2.23. The molecule has 0 bridgehead atoms. The molecule has 0 fully saturated rings. The predicted molar refractivity (Wildman–Crippen MR) is 79.2 cm³/mol. The highest BCUT2D eigenvalue weighted by atomic mass is 17.2. The highest BCUT2D eigenvalue weighted by molar-refractivity contribution is 5.88. The number of carboxylic acids is 1. The van der Waals surface area contributed by atoms with Gasteiger partial charge in [0, 0.05) is 0 Å². The molecule has 0 amide bonds. The number of aliphatic hydroxyl groups is 1. The molecule has 0 spiro atoms. The van der Waals surface area contributed by atoms with Gasteiger partial charge < -0.3 is 14.9 Å². The lowest BCUT2D eigenvalue weighted by molar-refractivity contribution is -0.258. The molecule has 8 heteroatoms. The van der Waals surface area contributed by atoms with Gasteiger partial charge in [0.2, 0.25) is 0 Å². The maximum absolute atomic E-state index is 11.9. The van der Waals surface area contributed by atoms with E-state index >= 15 is 0 Å². The topological polar surface area (TPSA) is 119 Å². The Balaban J connectivity index is 4.64. The van der Waals surface area contributed by atoms with Crippen molar-refractivity contribution in [3.8, 4) is 0 Å². The van der Waals surface area contributed by atoms with Gasteiger partial charge >= 0.3 is 17.9 Å². The van der Waals surface area contributed by atoms with Crippen molar-refractivity contribution in [1.29, 1.82) is 0 Å². The van der Waals surface area contributed by atoms with Crippen molar-refractivity contribution >= 4 is 17.9 Å². The van der Waals surface area contributed by atoms with E-state index in [-0.39, 0.29) is 6.10 Å². The van der Waals surface area contributed by atoms with Crippen molar-refractivity contribution in [2.24, 2.45) is 0 Å². The second kappa shape index (κ2) is 11.0. The number of carbonyl (C=O) groups excluding carboxylic acids is 2. The summed E-state index contributed by atoms with van der Waals surface area (Å²) in [6.45, 7) is 3.91. The number of carboxylic acid groups (broad SMARTS) is 1. The molecule has 8 nitrogen and oxygen atoms in total. The molecule has 0 aliphatic rings. The maximum atomic E-state index is 11.9. The number of esters is 1. The van der Waals surface area contributed by atoms with Crippen LogP contribution in [0.5, 0.6) is 0 Å². The first-order valence-electron chi connectivity index (χ1n) is 7.67. The third kappa shape index (κ3) is 8.51. The van der Waals surface area contributed by atoms with Gasteiger partial charge in [0.1, 0.15) is 6.10 Å². The highest BCUT2D eigenvalue weighted by Gasteiger charge is 2.42. The van der Waals surface area contributed by atoms with Gasteiger partial charge in [-0.3, -0.25) is 9.68 Å². The van der Waals surface area contributed by atoms with E-state index in [4.69, 9.17) is 9.84 Å². The number of aliphatic carboxylic acids is 1. The van der Waals surface area contributed by atoms with E-state index in [1.165, 1.54) is 0 Å². The summed E-state index contributed by atoms with van der Waals surface area (Å²) in [5.41, 5.74) is -2.59. The molecule has 0 aliphatic heterocycles. The van der Waals surface area contributed by atoms with Crippen LogP contribution in [0, 0.1) is 0 Å². The highest BCUT2D eigenvalue weighted by Crippen LogP contribution is 2.20. The molecule has 2 atom stereocenters. The number of hydrogen-bond acceptors (Lipinski definition) is 7. The monoisotopic (exact) mass is 334 g/mol. The van der Waals surface area contributed by atoms with Gasteiger partial charge in [0.05, 0.1) is 20.0 Å². The van der Waals surface area contributed by atoms with E-state index < -0.39 is 36.4 Å². The zero-order chi connectivity index (χ0) is 17.9. The van der Waals surface area contributed by atoms with Crippen molar-refractivity contribution in [2.75, 3.05) is 7.11 Å². The molecule has 0 radical (unpaired) electrons. The standard InChI is InChI=1S/C15H26O8/c1-4-6-7-8-11(5-2)22-12(16)9-15(20,14(18)19)10-13(17)23-21-3/h11,20H,4-10H2,1-3H3,(H,18,19). The second-order valence-electron chi connectivity index (χ2n) is 5.33. The Morgan fingerprint density at radius 3 is 2.17 bits per heavy atom. The zero-order valence-corrected chi connectivity index (χ0v) is 13.9. The number of ether oxygens (including phenoxy) is 1. The summed E-state index contributed by atoms with van der Waals surface area (Å²) < 4.78 is 5.19. The Kier molecular flexibility index (Phi) is 10.2. The summed E-state index contributed by atoms with van der Waals surface area (Å²) in [4.78, 5) is 42.5.